The van der Waals surface area contributed by atoms with Crippen LogP contribution in [0.2, 0.25) is 0 Å². The van der Waals surface area contributed by atoms with Crippen LogP contribution in [-0.2, 0) is 9.84 Å². The number of para-hydroxylation sites is 1. The maximum absolute atomic E-state index is 12.3. The second-order valence-electron chi connectivity index (χ2n) is 4.71. The Balaban J connectivity index is 2.25. The van der Waals surface area contributed by atoms with Gasteiger partial charge >= 0.3 is 5.69 Å². The molecule has 1 aliphatic rings. The van der Waals surface area contributed by atoms with Gasteiger partial charge in [-0.05, 0) is 18.6 Å². The molecule has 1 fully saturated rings. The summed E-state index contributed by atoms with van der Waals surface area (Å²) in [4.78, 5) is 26.9. The first-order valence-corrected chi connectivity index (χ1v) is 7.74. The molecular formula is C12H12N2O4S. The zero-order chi connectivity index (χ0) is 13.6. The highest BCUT2D eigenvalue weighted by Gasteiger charge is 2.31. The number of benzene rings is 1. The summed E-state index contributed by atoms with van der Waals surface area (Å²) in [6, 6.07) is 6.13. The lowest BCUT2D eigenvalue weighted by molar-refractivity contribution is 0.517. The number of nitrogens with zero attached hydrogens (tertiary/aromatic N) is 1. The van der Waals surface area contributed by atoms with Gasteiger partial charge in [-0.3, -0.25) is 9.36 Å². The highest BCUT2D eigenvalue weighted by Crippen LogP contribution is 2.21. The second kappa shape index (κ2) is 4.06. The number of hydrogen-bond donors (Lipinski definition) is 1. The SMILES string of the molecule is O=c1[nH]c2ccccc2c(=O)n1C1CCS(=O)(=O)C1. The van der Waals surface area contributed by atoms with Crippen molar-refractivity contribution in [2.45, 2.75) is 12.5 Å². The Bertz CT molecular complexity index is 863. The predicted octanol–water partition coefficient (Wildman–Crippen LogP) is 0.0494. The van der Waals surface area contributed by atoms with Crippen LogP contribution in [0.4, 0.5) is 0 Å². The molecule has 6 nitrogen and oxygen atoms in total. The smallest absolute Gasteiger partial charge is 0.307 e. The molecule has 1 atom stereocenters. The summed E-state index contributed by atoms with van der Waals surface area (Å²) in [5.74, 6) is -0.120. The first-order chi connectivity index (χ1) is 8.98. The monoisotopic (exact) mass is 280 g/mol. The molecule has 7 heteroatoms. The average molecular weight is 280 g/mol. The molecule has 0 bridgehead atoms. The van der Waals surface area contributed by atoms with E-state index in [1.807, 2.05) is 0 Å². The van der Waals surface area contributed by atoms with E-state index in [4.69, 9.17) is 0 Å². The largest absolute Gasteiger partial charge is 0.329 e. The molecule has 0 radical (unpaired) electrons. The van der Waals surface area contributed by atoms with Crippen molar-refractivity contribution in [3.63, 3.8) is 0 Å². The van der Waals surface area contributed by atoms with Crippen molar-refractivity contribution in [3.8, 4) is 0 Å². The van der Waals surface area contributed by atoms with Crippen molar-refractivity contribution in [3.05, 3.63) is 45.1 Å². The average Bonchev–Trinajstić information content (AvgIpc) is 2.69. The molecule has 2 aromatic rings. The Labute approximate surface area is 108 Å². The van der Waals surface area contributed by atoms with Crippen LogP contribution in [0.25, 0.3) is 10.9 Å². The minimum absolute atomic E-state index is 0.0242. The summed E-state index contributed by atoms with van der Waals surface area (Å²) in [6.07, 6.45) is 0.309. The molecule has 0 amide bonds. The Morgan fingerprint density at radius 1 is 1.21 bits per heavy atom. The summed E-state index contributed by atoms with van der Waals surface area (Å²) in [5.41, 5.74) is -0.512. The standard InChI is InChI=1S/C12H12N2O4S/c15-11-9-3-1-2-4-10(9)13-12(16)14(11)8-5-6-19(17,18)7-8/h1-4,8H,5-7H2,(H,13,16). The van der Waals surface area contributed by atoms with Crippen LogP contribution in [0.1, 0.15) is 12.5 Å². The van der Waals surface area contributed by atoms with Crippen molar-refractivity contribution < 1.29 is 8.42 Å². The quantitative estimate of drug-likeness (QED) is 0.799. The third-order valence-electron chi connectivity index (χ3n) is 3.41. The van der Waals surface area contributed by atoms with E-state index in [2.05, 4.69) is 4.98 Å². The Hall–Kier alpha value is -1.89. The summed E-state index contributed by atoms with van der Waals surface area (Å²) in [7, 11) is -3.14. The number of sulfone groups is 1. The number of fused-ring (bicyclic) bond motifs is 1. The summed E-state index contributed by atoms with van der Waals surface area (Å²) < 4.78 is 24.0. The van der Waals surface area contributed by atoms with Crippen molar-refractivity contribution in [1.82, 2.24) is 9.55 Å². The molecule has 1 aliphatic heterocycles. The van der Waals surface area contributed by atoms with Gasteiger partial charge in [0.15, 0.2) is 9.84 Å². The zero-order valence-corrected chi connectivity index (χ0v) is 10.8. The summed E-state index contributed by atoms with van der Waals surface area (Å²) >= 11 is 0. The minimum Gasteiger partial charge on any atom is -0.307 e. The summed E-state index contributed by atoms with van der Waals surface area (Å²) in [6.45, 7) is 0. The van der Waals surface area contributed by atoms with Gasteiger partial charge in [0.05, 0.1) is 28.5 Å². The maximum atomic E-state index is 12.3. The van der Waals surface area contributed by atoms with E-state index < -0.39 is 27.1 Å². The highest BCUT2D eigenvalue weighted by atomic mass is 32.2. The number of hydrogen-bond acceptors (Lipinski definition) is 4. The van der Waals surface area contributed by atoms with Crippen LogP contribution in [-0.4, -0.2) is 29.5 Å². The van der Waals surface area contributed by atoms with Crippen molar-refractivity contribution >= 4 is 20.7 Å². The molecule has 19 heavy (non-hydrogen) atoms. The van der Waals surface area contributed by atoms with Gasteiger partial charge in [0, 0.05) is 0 Å². The fourth-order valence-corrected chi connectivity index (χ4v) is 4.19. The highest BCUT2D eigenvalue weighted by molar-refractivity contribution is 7.91. The molecule has 0 aliphatic carbocycles. The van der Waals surface area contributed by atoms with Gasteiger partial charge in [-0.15, -0.1) is 0 Å². The lowest BCUT2D eigenvalue weighted by atomic mass is 10.2. The fourth-order valence-electron chi connectivity index (χ4n) is 2.49. The molecular weight excluding hydrogens is 268 g/mol. The van der Waals surface area contributed by atoms with E-state index in [1.165, 1.54) is 0 Å². The van der Waals surface area contributed by atoms with Gasteiger partial charge < -0.3 is 4.98 Å². The van der Waals surface area contributed by atoms with E-state index in [-0.39, 0.29) is 11.5 Å². The normalized spacial score (nSPS) is 21.8. The predicted molar refractivity (Wildman–Crippen MR) is 71.1 cm³/mol. The first-order valence-electron chi connectivity index (χ1n) is 5.92. The molecule has 0 spiro atoms. The molecule has 2 heterocycles. The van der Waals surface area contributed by atoms with E-state index >= 15 is 0 Å². The number of rotatable bonds is 1. The third-order valence-corrected chi connectivity index (χ3v) is 5.16. The zero-order valence-electron chi connectivity index (χ0n) is 10.00. The maximum Gasteiger partial charge on any atom is 0.329 e. The molecule has 1 unspecified atom stereocenters. The van der Waals surface area contributed by atoms with Crippen LogP contribution in [0.3, 0.4) is 0 Å². The molecule has 1 N–H and O–H groups in total. The number of H-pyrrole nitrogens is 1. The molecule has 0 saturated carbocycles. The number of aromatic nitrogens is 2. The van der Waals surface area contributed by atoms with E-state index in [1.54, 1.807) is 24.3 Å². The van der Waals surface area contributed by atoms with E-state index in [9.17, 15) is 18.0 Å². The third kappa shape index (κ3) is 1.99. The van der Waals surface area contributed by atoms with Crippen LogP contribution < -0.4 is 11.2 Å². The van der Waals surface area contributed by atoms with Crippen LogP contribution in [0, 0.1) is 0 Å². The van der Waals surface area contributed by atoms with Crippen LogP contribution in [0.15, 0.2) is 33.9 Å². The number of aromatic amines is 1. The molecule has 1 saturated heterocycles. The van der Waals surface area contributed by atoms with E-state index in [0.717, 1.165) is 4.57 Å². The lowest BCUT2D eigenvalue weighted by Gasteiger charge is -2.11. The van der Waals surface area contributed by atoms with Crippen molar-refractivity contribution in [2.24, 2.45) is 0 Å². The molecule has 1 aromatic carbocycles. The van der Waals surface area contributed by atoms with Crippen molar-refractivity contribution in [1.29, 1.82) is 0 Å². The topological polar surface area (TPSA) is 89.0 Å². The Morgan fingerprint density at radius 2 is 1.95 bits per heavy atom. The Morgan fingerprint density at radius 3 is 2.63 bits per heavy atom. The van der Waals surface area contributed by atoms with Gasteiger partial charge in [-0.2, -0.15) is 0 Å². The number of nitrogens with one attached hydrogen (secondary N) is 1. The van der Waals surface area contributed by atoms with Crippen LogP contribution in [0.5, 0.6) is 0 Å². The van der Waals surface area contributed by atoms with E-state index in [0.29, 0.717) is 17.3 Å². The molecule has 3 rings (SSSR count). The van der Waals surface area contributed by atoms with Crippen LogP contribution >= 0.6 is 0 Å². The fraction of sp³-hybridized carbons (Fsp3) is 0.333. The van der Waals surface area contributed by atoms with Gasteiger partial charge in [0.25, 0.3) is 5.56 Å². The second-order valence-corrected chi connectivity index (χ2v) is 6.94. The van der Waals surface area contributed by atoms with Gasteiger partial charge in [-0.25, -0.2) is 13.2 Å². The molecule has 1 aromatic heterocycles. The first kappa shape index (κ1) is 12.2. The Kier molecular flexibility index (Phi) is 2.60. The minimum atomic E-state index is -3.14. The summed E-state index contributed by atoms with van der Waals surface area (Å²) in [5, 5.41) is 0.395. The van der Waals surface area contributed by atoms with Gasteiger partial charge in [0.1, 0.15) is 0 Å². The van der Waals surface area contributed by atoms with Gasteiger partial charge in [0.2, 0.25) is 0 Å². The lowest BCUT2D eigenvalue weighted by Crippen LogP contribution is -2.38. The van der Waals surface area contributed by atoms with Gasteiger partial charge in [-0.1, -0.05) is 12.1 Å². The molecule has 100 valence electrons. The van der Waals surface area contributed by atoms with Crippen molar-refractivity contribution in [2.75, 3.05) is 11.5 Å².